The van der Waals surface area contributed by atoms with Gasteiger partial charge in [-0.15, -0.1) is 0 Å². The van der Waals surface area contributed by atoms with Crippen LogP contribution in [0.4, 0.5) is 0 Å². The van der Waals surface area contributed by atoms with Crippen molar-refractivity contribution in [3.05, 3.63) is 46.5 Å². The van der Waals surface area contributed by atoms with Crippen molar-refractivity contribution in [1.29, 1.82) is 0 Å². The van der Waals surface area contributed by atoms with E-state index in [1.165, 1.54) is 5.56 Å². The van der Waals surface area contributed by atoms with Gasteiger partial charge in [0.2, 0.25) is 0 Å². The molecule has 128 valence electrons. The van der Waals surface area contributed by atoms with Gasteiger partial charge in [-0.2, -0.15) is 0 Å². The van der Waals surface area contributed by atoms with Crippen molar-refractivity contribution in [3.63, 3.8) is 0 Å². The van der Waals surface area contributed by atoms with E-state index in [-0.39, 0.29) is 6.10 Å². The monoisotopic (exact) mass is 389 g/mol. The third-order valence-electron chi connectivity index (χ3n) is 4.35. The molecule has 1 fully saturated rings. The Labute approximate surface area is 152 Å². The normalized spacial score (nSPS) is 28.3. The van der Waals surface area contributed by atoms with Gasteiger partial charge in [0.05, 0.1) is 6.54 Å². The number of hydrogen-bond acceptors (Lipinski definition) is 3. The Kier molecular flexibility index (Phi) is 5.46. The molecule has 1 aliphatic heterocycles. The standard InChI is InChI=1S/C20H24BrNO2/c1-19(2)23-18(20(24-19)13-7-6-11-17(20)21)12-8-14-22-15-16-9-4-3-5-10-16/h3-5,9-11,18,22H,6-7,13-15H2,1-2H3/t18-,20+/m0/s1. The van der Waals surface area contributed by atoms with Crippen molar-refractivity contribution in [3.8, 4) is 11.8 Å². The van der Waals surface area contributed by atoms with Crippen LogP contribution in [-0.2, 0) is 16.0 Å². The van der Waals surface area contributed by atoms with E-state index >= 15 is 0 Å². The summed E-state index contributed by atoms with van der Waals surface area (Å²) < 4.78 is 13.4. The molecule has 1 saturated heterocycles. The van der Waals surface area contributed by atoms with Gasteiger partial charge in [-0.1, -0.05) is 64.2 Å². The lowest BCUT2D eigenvalue weighted by Gasteiger charge is -2.33. The highest BCUT2D eigenvalue weighted by Gasteiger charge is 2.54. The highest BCUT2D eigenvalue weighted by molar-refractivity contribution is 9.11. The van der Waals surface area contributed by atoms with Crippen molar-refractivity contribution in [1.82, 2.24) is 5.32 Å². The van der Waals surface area contributed by atoms with Crippen molar-refractivity contribution in [2.75, 3.05) is 6.54 Å². The van der Waals surface area contributed by atoms with Gasteiger partial charge in [-0.3, -0.25) is 0 Å². The Hall–Kier alpha value is -1.12. The lowest BCUT2D eigenvalue weighted by atomic mass is 9.86. The van der Waals surface area contributed by atoms with Gasteiger partial charge in [-0.25, -0.2) is 0 Å². The van der Waals surface area contributed by atoms with Crippen molar-refractivity contribution in [2.24, 2.45) is 0 Å². The zero-order valence-corrected chi connectivity index (χ0v) is 15.9. The minimum Gasteiger partial charge on any atom is -0.335 e. The topological polar surface area (TPSA) is 30.5 Å². The summed E-state index contributed by atoms with van der Waals surface area (Å²) in [7, 11) is 0. The molecule has 0 radical (unpaired) electrons. The van der Waals surface area contributed by atoms with Crippen molar-refractivity contribution >= 4 is 15.9 Å². The zero-order chi connectivity index (χ0) is 17.0. The molecule has 0 aromatic heterocycles. The van der Waals surface area contributed by atoms with E-state index in [1.807, 2.05) is 32.0 Å². The predicted molar refractivity (Wildman–Crippen MR) is 99.6 cm³/mol. The van der Waals surface area contributed by atoms with Crippen LogP contribution in [0.2, 0.25) is 0 Å². The second kappa shape index (κ2) is 7.41. The number of ether oxygens (including phenoxy) is 2. The lowest BCUT2D eigenvalue weighted by Crippen LogP contribution is -2.41. The number of benzene rings is 1. The molecular formula is C20H24BrNO2. The summed E-state index contributed by atoms with van der Waals surface area (Å²) in [5, 5.41) is 3.35. The van der Waals surface area contributed by atoms with Crippen LogP contribution < -0.4 is 5.32 Å². The Morgan fingerprint density at radius 1 is 1.29 bits per heavy atom. The number of nitrogens with one attached hydrogen (secondary N) is 1. The van der Waals surface area contributed by atoms with Crippen molar-refractivity contribution < 1.29 is 9.47 Å². The average molecular weight is 390 g/mol. The van der Waals surface area contributed by atoms with E-state index in [9.17, 15) is 0 Å². The quantitative estimate of drug-likeness (QED) is 0.622. The molecule has 2 atom stereocenters. The maximum absolute atomic E-state index is 6.27. The molecule has 1 heterocycles. The first-order valence-corrected chi connectivity index (χ1v) is 9.28. The number of hydrogen-bond donors (Lipinski definition) is 1. The van der Waals surface area contributed by atoms with Crippen LogP contribution >= 0.6 is 15.9 Å². The van der Waals surface area contributed by atoms with E-state index in [1.54, 1.807) is 0 Å². The van der Waals surface area contributed by atoms with E-state index < -0.39 is 11.4 Å². The highest BCUT2D eigenvalue weighted by Crippen LogP contribution is 2.48. The first kappa shape index (κ1) is 17.7. The summed E-state index contributed by atoms with van der Waals surface area (Å²) in [6.45, 7) is 5.36. The molecule has 1 aromatic carbocycles. The molecule has 0 saturated carbocycles. The van der Waals surface area contributed by atoms with Crippen LogP contribution in [0.25, 0.3) is 0 Å². The van der Waals surface area contributed by atoms with Gasteiger partial charge in [0, 0.05) is 11.0 Å². The third kappa shape index (κ3) is 3.92. The maximum atomic E-state index is 6.27. The molecule has 0 amide bonds. The van der Waals surface area contributed by atoms with Gasteiger partial charge >= 0.3 is 0 Å². The van der Waals surface area contributed by atoms with E-state index in [0.717, 1.165) is 30.3 Å². The van der Waals surface area contributed by atoms with E-state index in [4.69, 9.17) is 9.47 Å². The predicted octanol–water partition coefficient (Wildman–Crippen LogP) is 4.13. The third-order valence-corrected chi connectivity index (χ3v) is 5.35. The summed E-state index contributed by atoms with van der Waals surface area (Å²) in [6.07, 6.45) is 5.06. The summed E-state index contributed by atoms with van der Waals surface area (Å²) in [6, 6.07) is 10.3. The fourth-order valence-electron chi connectivity index (χ4n) is 3.29. The largest absolute Gasteiger partial charge is 0.335 e. The Bertz CT molecular complexity index is 659. The molecule has 1 spiro atoms. The van der Waals surface area contributed by atoms with Gasteiger partial charge in [0.25, 0.3) is 0 Å². The molecule has 3 rings (SSSR count). The number of allylic oxidation sites excluding steroid dienone is 1. The molecule has 1 N–H and O–H groups in total. The SMILES string of the molecule is CC1(C)O[C@@H](C#CCNCc2ccccc2)[C@]2(CCCC=C2Br)O1. The molecule has 1 aromatic rings. The second-order valence-corrected chi connectivity index (χ2v) is 7.60. The van der Waals surface area contributed by atoms with Crippen LogP contribution in [0.5, 0.6) is 0 Å². The highest BCUT2D eigenvalue weighted by atomic mass is 79.9. The molecule has 1 aliphatic carbocycles. The summed E-state index contributed by atoms with van der Waals surface area (Å²) in [5.41, 5.74) is 0.809. The number of rotatable bonds is 3. The van der Waals surface area contributed by atoms with E-state index in [2.05, 4.69) is 51.3 Å². The fraction of sp³-hybridized carbons (Fsp3) is 0.500. The van der Waals surface area contributed by atoms with Gasteiger partial charge in [0.1, 0.15) is 5.60 Å². The van der Waals surface area contributed by atoms with Crippen LogP contribution in [-0.4, -0.2) is 24.0 Å². The molecule has 3 nitrogen and oxygen atoms in total. The minimum atomic E-state index is -0.610. The molecule has 0 bridgehead atoms. The van der Waals surface area contributed by atoms with Crippen molar-refractivity contribution in [2.45, 2.75) is 57.1 Å². The van der Waals surface area contributed by atoms with Gasteiger partial charge in [-0.05, 0) is 38.7 Å². The summed E-state index contributed by atoms with van der Waals surface area (Å²) in [5.74, 6) is 5.89. The Morgan fingerprint density at radius 3 is 2.83 bits per heavy atom. The maximum Gasteiger partial charge on any atom is 0.166 e. The second-order valence-electron chi connectivity index (χ2n) is 6.74. The Morgan fingerprint density at radius 2 is 2.08 bits per heavy atom. The minimum absolute atomic E-state index is 0.239. The van der Waals surface area contributed by atoms with Crippen LogP contribution in [0.15, 0.2) is 40.9 Å². The molecule has 24 heavy (non-hydrogen) atoms. The molecule has 0 unspecified atom stereocenters. The smallest absolute Gasteiger partial charge is 0.166 e. The Balaban J connectivity index is 1.63. The summed E-state index contributed by atoms with van der Waals surface area (Å²) >= 11 is 3.69. The van der Waals surface area contributed by atoms with Crippen LogP contribution in [0.3, 0.4) is 0 Å². The zero-order valence-electron chi connectivity index (χ0n) is 14.3. The van der Waals surface area contributed by atoms with Crippen LogP contribution in [0, 0.1) is 11.8 Å². The fourth-order valence-corrected chi connectivity index (χ4v) is 4.01. The van der Waals surface area contributed by atoms with E-state index in [0.29, 0.717) is 6.54 Å². The average Bonchev–Trinajstić information content (AvgIpc) is 2.82. The first-order valence-electron chi connectivity index (χ1n) is 8.49. The van der Waals surface area contributed by atoms with Crippen LogP contribution in [0.1, 0.15) is 38.7 Å². The van der Waals surface area contributed by atoms with Gasteiger partial charge < -0.3 is 14.8 Å². The molecule has 2 aliphatic rings. The van der Waals surface area contributed by atoms with Gasteiger partial charge in [0.15, 0.2) is 11.9 Å². The molecular weight excluding hydrogens is 366 g/mol. The lowest BCUT2D eigenvalue weighted by molar-refractivity contribution is -0.155. The summed E-state index contributed by atoms with van der Waals surface area (Å²) in [4.78, 5) is 0. The number of halogens is 1. The first-order chi connectivity index (χ1) is 11.5. The molecule has 4 heteroatoms.